The van der Waals surface area contributed by atoms with E-state index in [0.29, 0.717) is 23.6 Å². The van der Waals surface area contributed by atoms with Gasteiger partial charge in [0, 0.05) is 12.1 Å². The van der Waals surface area contributed by atoms with Gasteiger partial charge in [-0.1, -0.05) is 6.07 Å². The van der Waals surface area contributed by atoms with Gasteiger partial charge in [0.25, 0.3) is 0 Å². The van der Waals surface area contributed by atoms with E-state index in [4.69, 9.17) is 5.11 Å². The molecule has 1 aliphatic rings. The Labute approximate surface area is 118 Å². The molecule has 1 saturated heterocycles. The number of hydrogen-bond donors (Lipinski definition) is 3. The van der Waals surface area contributed by atoms with Crippen molar-refractivity contribution in [3.8, 4) is 0 Å². The first-order valence-corrected chi connectivity index (χ1v) is 6.91. The van der Waals surface area contributed by atoms with Gasteiger partial charge in [-0.3, -0.25) is 4.79 Å². The van der Waals surface area contributed by atoms with Crippen LogP contribution in [0.4, 0.5) is 5.69 Å². The van der Waals surface area contributed by atoms with Crippen LogP contribution in [0.2, 0.25) is 0 Å². The van der Waals surface area contributed by atoms with Crippen molar-refractivity contribution in [1.29, 1.82) is 0 Å². The lowest BCUT2D eigenvalue weighted by molar-refractivity contribution is -0.117. The molecule has 0 radical (unpaired) electrons. The van der Waals surface area contributed by atoms with Crippen LogP contribution in [-0.4, -0.2) is 30.1 Å². The van der Waals surface area contributed by atoms with Crippen molar-refractivity contribution in [3.63, 3.8) is 0 Å². The largest absolute Gasteiger partial charge is 0.478 e. The molecule has 0 spiro atoms. The molecule has 1 aromatic rings. The molecule has 0 aromatic heterocycles. The van der Waals surface area contributed by atoms with Gasteiger partial charge in [-0.05, 0) is 56.5 Å². The van der Waals surface area contributed by atoms with E-state index in [1.54, 1.807) is 19.1 Å². The van der Waals surface area contributed by atoms with Crippen LogP contribution in [0.25, 0.3) is 0 Å². The number of hydrogen-bond acceptors (Lipinski definition) is 3. The van der Waals surface area contributed by atoms with Crippen LogP contribution in [-0.2, 0) is 4.79 Å². The fourth-order valence-electron chi connectivity index (χ4n) is 2.50. The van der Waals surface area contributed by atoms with Crippen LogP contribution in [0.15, 0.2) is 18.2 Å². The average molecular weight is 276 g/mol. The molecule has 0 bridgehead atoms. The third-order valence-electron chi connectivity index (χ3n) is 3.62. The lowest BCUT2D eigenvalue weighted by Crippen LogP contribution is -2.32. The molecule has 1 unspecified atom stereocenters. The van der Waals surface area contributed by atoms with E-state index >= 15 is 0 Å². The Hall–Kier alpha value is -1.88. The van der Waals surface area contributed by atoms with Crippen LogP contribution >= 0.6 is 0 Å². The molecule has 1 atom stereocenters. The van der Waals surface area contributed by atoms with Gasteiger partial charge < -0.3 is 15.7 Å². The summed E-state index contributed by atoms with van der Waals surface area (Å²) in [5, 5.41) is 15.1. The van der Waals surface area contributed by atoms with Crippen molar-refractivity contribution in [1.82, 2.24) is 5.32 Å². The summed E-state index contributed by atoms with van der Waals surface area (Å²) in [6.45, 7) is 3.64. The molecule has 20 heavy (non-hydrogen) atoms. The molecule has 2 rings (SSSR count). The summed E-state index contributed by atoms with van der Waals surface area (Å²) in [5.41, 5.74) is 1.45. The zero-order valence-corrected chi connectivity index (χ0v) is 11.6. The summed E-state index contributed by atoms with van der Waals surface area (Å²) in [7, 11) is 0. The van der Waals surface area contributed by atoms with E-state index < -0.39 is 5.97 Å². The minimum absolute atomic E-state index is 0.0566. The van der Waals surface area contributed by atoms with Crippen LogP contribution < -0.4 is 10.6 Å². The summed E-state index contributed by atoms with van der Waals surface area (Å²) in [6.07, 6.45) is 2.64. The maximum Gasteiger partial charge on any atom is 0.336 e. The van der Waals surface area contributed by atoms with Crippen molar-refractivity contribution in [2.45, 2.75) is 26.2 Å². The summed E-state index contributed by atoms with van der Waals surface area (Å²) in [6, 6.07) is 4.95. The number of nitrogens with one attached hydrogen (secondary N) is 2. The molecule has 1 amide bonds. The molecule has 5 heteroatoms. The molecule has 108 valence electrons. The average Bonchev–Trinajstić information content (AvgIpc) is 2.41. The van der Waals surface area contributed by atoms with Crippen molar-refractivity contribution < 1.29 is 14.7 Å². The molecular weight excluding hydrogens is 256 g/mol. The number of carbonyl (C=O) groups is 2. The van der Waals surface area contributed by atoms with Crippen molar-refractivity contribution in [2.24, 2.45) is 5.92 Å². The van der Waals surface area contributed by atoms with Crippen molar-refractivity contribution in [3.05, 3.63) is 29.3 Å². The van der Waals surface area contributed by atoms with Gasteiger partial charge in [0.15, 0.2) is 0 Å². The zero-order chi connectivity index (χ0) is 14.5. The third kappa shape index (κ3) is 3.81. The van der Waals surface area contributed by atoms with Crippen LogP contribution in [0.5, 0.6) is 0 Å². The lowest BCUT2D eigenvalue weighted by Gasteiger charge is -2.22. The summed E-state index contributed by atoms with van der Waals surface area (Å²) >= 11 is 0. The second-order valence-electron chi connectivity index (χ2n) is 5.30. The number of benzene rings is 1. The first-order valence-electron chi connectivity index (χ1n) is 6.91. The number of anilines is 1. The lowest BCUT2D eigenvalue weighted by atomic mass is 9.96. The van der Waals surface area contributed by atoms with Gasteiger partial charge in [-0.25, -0.2) is 4.79 Å². The minimum Gasteiger partial charge on any atom is -0.478 e. The molecule has 1 heterocycles. The Morgan fingerprint density at radius 1 is 1.45 bits per heavy atom. The van der Waals surface area contributed by atoms with Gasteiger partial charge in [-0.15, -0.1) is 0 Å². The quantitative estimate of drug-likeness (QED) is 0.786. The monoisotopic (exact) mass is 276 g/mol. The normalized spacial score (nSPS) is 18.6. The number of carboxylic acids is 1. The number of aromatic carboxylic acids is 1. The number of piperidine rings is 1. The Kier molecular flexibility index (Phi) is 4.74. The van der Waals surface area contributed by atoms with E-state index in [-0.39, 0.29) is 11.5 Å². The molecule has 0 saturated carbocycles. The first kappa shape index (κ1) is 14.5. The van der Waals surface area contributed by atoms with E-state index in [1.807, 2.05) is 0 Å². The molecule has 1 aromatic carbocycles. The van der Waals surface area contributed by atoms with E-state index in [2.05, 4.69) is 10.6 Å². The van der Waals surface area contributed by atoms with Gasteiger partial charge in [0.2, 0.25) is 5.91 Å². The predicted octanol–water partition coefficient (Wildman–Crippen LogP) is 2.02. The predicted molar refractivity (Wildman–Crippen MR) is 77.0 cm³/mol. The third-order valence-corrected chi connectivity index (χ3v) is 3.62. The Balaban J connectivity index is 1.96. The highest BCUT2D eigenvalue weighted by molar-refractivity contribution is 5.94. The number of amides is 1. The van der Waals surface area contributed by atoms with Gasteiger partial charge in [-0.2, -0.15) is 0 Å². The highest BCUT2D eigenvalue weighted by Gasteiger charge is 2.17. The summed E-state index contributed by atoms with van der Waals surface area (Å²) in [5.74, 6) is -0.665. The van der Waals surface area contributed by atoms with Gasteiger partial charge >= 0.3 is 5.97 Å². The number of rotatable bonds is 4. The Morgan fingerprint density at radius 3 is 2.90 bits per heavy atom. The molecule has 1 fully saturated rings. The van der Waals surface area contributed by atoms with Crippen LogP contribution in [0.1, 0.15) is 35.2 Å². The molecule has 5 nitrogen and oxygen atoms in total. The first-order chi connectivity index (χ1) is 9.56. The molecule has 0 aliphatic carbocycles. The van der Waals surface area contributed by atoms with E-state index in [9.17, 15) is 9.59 Å². The Morgan fingerprint density at radius 2 is 2.25 bits per heavy atom. The number of aryl methyl sites for hydroxylation is 1. The van der Waals surface area contributed by atoms with Crippen LogP contribution in [0, 0.1) is 12.8 Å². The maximum absolute atomic E-state index is 12.0. The SMILES string of the molecule is Cc1ccc(NC(=O)CC2CCCNC2)cc1C(=O)O. The second-order valence-corrected chi connectivity index (χ2v) is 5.30. The van der Waals surface area contributed by atoms with Crippen LogP contribution in [0.3, 0.4) is 0 Å². The Bertz CT molecular complexity index is 508. The second kappa shape index (κ2) is 6.52. The van der Waals surface area contributed by atoms with E-state index in [0.717, 1.165) is 25.9 Å². The van der Waals surface area contributed by atoms with Crippen molar-refractivity contribution in [2.75, 3.05) is 18.4 Å². The van der Waals surface area contributed by atoms with Gasteiger partial charge in [0.05, 0.1) is 5.56 Å². The maximum atomic E-state index is 12.0. The number of carbonyl (C=O) groups excluding carboxylic acids is 1. The molecular formula is C15H20N2O3. The molecule has 1 aliphatic heterocycles. The standard InChI is InChI=1S/C15H20N2O3/c1-10-4-5-12(8-13(10)15(19)20)17-14(18)7-11-3-2-6-16-9-11/h4-5,8,11,16H,2-3,6-7,9H2,1H3,(H,17,18)(H,19,20). The van der Waals surface area contributed by atoms with E-state index in [1.165, 1.54) is 6.07 Å². The highest BCUT2D eigenvalue weighted by Crippen LogP contribution is 2.18. The summed E-state index contributed by atoms with van der Waals surface area (Å²) in [4.78, 5) is 23.0. The smallest absolute Gasteiger partial charge is 0.336 e. The molecule has 3 N–H and O–H groups in total. The fourth-order valence-corrected chi connectivity index (χ4v) is 2.50. The highest BCUT2D eigenvalue weighted by atomic mass is 16.4. The van der Waals surface area contributed by atoms with Crippen molar-refractivity contribution >= 4 is 17.6 Å². The van der Waals surface area contributed by atoms with Gasteiger partial charge in [0.1, 0.15) is 0 Å². The summed E-state index contributed by atoms with van der Waals surface area (Å²) < 4.78 is 0. The number of carboxylic acid groups (broad SMARTS) is 1. The minimum atomic E-state index is -0.977. The fraction of sp³-hybridized carbons (Fsp3) is 0.467. The zero-order valence-electron chi connectivity index (χ0n) is 11.6. The topological polar surface area (TPSA) is 78.4 Å².